The SMILES string of the molecule is CN=C(NCc1nccn1C(F)F)NC(C)c1ccc(C)c(F)c1.I. The third-order valence-electron chi connectivity index (χ3n) is 3.65. The molecule has 0 amide bonds. The third kappa shape index (κ3) is 5.62. The summed E-state index contributed by atoms with van der Waals surface area (Å²) in [5.41, 5.74) is 1.34. The van der Waals surface area contributed by atoms with Crippen molar-refractivity contribution < 1.29 is 13.2 Å². The second-order valence-electron chi connectivity index (χ2n) is 5.33. The van der Waals surface area contributed by atoms with Crippen molar-refractivity contribution in [3.63, 3.8) is 0 Å². The summed E-state index contributed by atoms with van der Waals surface area (Å²) in [7, 11) is 1.57. The van der Waals surface area contributed by atoms with E-state index in [1.807, 2.05) is 13.0 Å². The standard InChI is InChI=1S/C16H20F3N5.HI/c1-10-4-5-12(8-13(10)17)11(2)23-16(20-3)22-9-14-21-6-7-24(14)15(18)19;/h4-8,11,15H,9H2,1-3H3,(H2,20,22,23);1H. The maximum atomic E-state index is 13.7. The zero-order valence-corrected chi connectivity index (χ0v) is 16.5. The van der Waals surface area contributed by atoms with Gasteiger partial charge in [0.15, 0.2) is 5.96 Å². The number of aliphatic imine (C=N–C) groups is 1. The Hall–Kier alpha value is -1.78. The Morgan fingerprint density at radius 1 is 1.36 bits per heavy atom. The van der Waals surface area contributed by atoms with Gasteiger partial charge in [-0.05, 0) is 31.0 Å². The van der Waals surface area contributed by atoms with Gasteiger partial charge in [0.05, 0.1) is 12.6 Å². The summed E-state index contributed by atoms with van der Waals surface area (Å²) in [6, 6.07) is 4.79. The number of hydrogen-bond acceptors (Lipinski definition) is 2. The van der Waals surface area contributed by atoms with E-state index in [2.05, 4.69) is 20.6 Å². The predicted molar refractivity (Wildman–Crippen MR) is 102 cm³/mol. The molecule has 0 saturated heterocycles. The van der Waals surface area contributed by atoms with E-state index in [-0.39, 0.29) is 48.2 Å². The van der Waals surface area contributed by atoms with Crippen LogP contribution in [0.25, 0.3) is 0 Å². The van der Waals surface area contributed by atoms with E-state index in [0.717, 1.165) is 10.1 Å². The predicted octanol–water partition coefficient (Wildman–Crippen LogP) is 3.77. The number of imidazole rings is 1. The minimum atomic E-state index is -2.64. The van der Waals surface area contributed by atoms with Crippen LogP contribution in [-0.2, 0) is 6.54 Å². The number of benzene rings is 1. The van der Waals surface area contributed by atoms with Gasteiger partial charge in [-0.25, -0.2) is 9.37 Å². The van der Waals surface area contributed by atoms with Crippen LogP contribution < -0.4 is 10.6 Å². The van der Waals surface area contributed by atoms with Gasteiger partial charge in [-0.3, -0.25) is 9.56 Å². The molecular weight excluding hydrogens is 446 g/mol. The lowest BCUT2D eigenvalue weighted by Gasteiger charge is -2.19. The van der Waals surface area contributed by atoms with Crippen LogP contribution in [0.2, 0.25) is 0 Å². The number of nitrogens with zero attached hydrogens (tertiary/aromatic N) is 3. The maximum Gasteiger partial charge on any atom is 0.319 e. The van der Waals surface area contributed by atoms with Crippen molar-refractivity contribution in [1.82, 2.24) is 20.2 Å². The Kier molecular flexibility index (Phi) is 8.20. The highest BCUT2D eigenvalue weighted by Gasteiger charge is 2.13. The van der Waals surface area contributed by atoms with Gasteiger partial charge < -0.3 is 10.6 Å². The van der Waals surface area contributed by atoms with Crippen LogP contribution in [0.15, 0.2) is 35.6 Å². The normalized spacial score (nSPS) is 12.7. The van der Waals surface area contributed by atoms with Gasteiger partial charge in [-0.15, -0.1) is 24.0 Å². The molecule has 25 heavy (non-hydrogen) atoms. The molecule has 138 valence electrons. The Morgan fingerprint density at radius 2 is 2.08 bits per heavy atom. The Bertz CT molecular complexity index is 718. The average Bonchev–Trinajstić information content (AvgIpc) is 3.02. The molecule has 1 unspecified atom stereocenters. The number of aromatic nitrogens is 2. The highest BCUT2D eigenvalue weighted by molar-refractivity contribution is 14.0. The van der Waals surface area contributed by atoms with Crippen LogP contribution in [0.1, 0.15) is 36.5 Å². The Labute approximate surface area is 161 Å². The Balaban J connectivity index is 0.00000312. The number of hydrogen-bond donors (Lipinski definition) is 2. The highest BCUT2D eigenvalue weighted by atomic mass is 127. The molecule has 0 aliphatic carbocycles. The van der Waals surface area contributed by atoms with E-state index in [9.17, 15) is 13.2 Å². The van der Waals surface area contributed by atoms with Crippen LogP contribution in [0.4, 0.5) is 13.2 Å². The largest absolute Gasteiger partial charge is 0.350 e. The summed E-state index contributed by atoms with van der Waals surface area (Å²) in [6.45, 7) is 1.00. The molecule has 2 aromatic rings. The van der Waals surface area contributed by atoms with E-state index >= 15 is 0 Å². The van der Waals surface area contributed by atoms with E-state index in [4.69, 9.17) is 0 Å². The van der Waals surface area contributed by atoms with E-state index < -0.39 is 6.55 Å². The molecule has 0 fully saturated rings. The van der Waals surface area contributed by atoms with Gasteiger partial charge in [-0.1, -0.05) is 12.1 Å². The van der Waals surface area contributed by atoms with Crippen LogP contribution in [0, 0.1) is 12.7 Å². The van der Waals surface area contributed by atoms with Crippen molar-refractivity contribution in [2.24, 2.45) is 4.99 Å². The van der Waals surface area contributed by atoms with Crippen LogP contribution in [0.5, 0.6) is 0 Å². The minimum absolute atomic E-state index is 0. The molecule has 1 aromatic heterocycles. The minimum Gasteiger partial charge on any atom is -0.350 e. The number of aryl methyl sites for hydroxylation is 1. The first-order valence-corrected chi connectivity index (χ1v) is 7.45. The van der Waals surface area contributed by atoms with E-state index in [0.29, 0.717) is 11.5 Å². The lowest BCUT2D eigenvalue weighted by atomic mass is 10.1. The van der Waals surface area contributed by atoms with Crippen molar-refractivity contribution in [2.45, 2.75) is 33.0 Å². The average molecular weight is 467 g/mol. The van der Waals surface area contributed by atoms with Gasteiger partial charge in [0.25, 0.3) is 0 Å². The molecule has 1 atom stereocenters. The fourth-order valence-corrected chi connectivity index (χ4v) is 2.18. The van der Waals surface area contributed by atoms with E-state index in [1.165, 1.54) is 18.5 Å². The van der Waals surface area contributed by atoms with Crippen LogP contribution in [0.3, 0.4) is 0 Å². The molecule has 1 aromatic carbocycles. The zero-order valence-electron chi connectivity index (χ0n) is 14.1. The van der Waals surface area contributed by atoms with E-state index in [1.54, 1.807) is 20.0 Å². The summed E-state index contributed by atoms with van der Waals surface area (Å²) in [5.74, 6) is 0.331. The lowest BCUT2D eigenvalue weighted by molar-refractivity contribution is 0.0668. The number of halogens is 4. The van der Waals surface area contributed by atoms with Crippen molar-refractivity contribution in [3.8, 4) is 0 Å². The summed E-state index contributed by atoms with van der Waals surface area (Å²) in [6.07, 6.45) is 2.53. The molecule has 0 aliphatic heterocycles. The monoisotopic (exact) mass is 467 g/mol. The number of alkyl halides is 2. The molecule has 0 bridgehead atoms. The van der Waals surface area contributed by atoms with Gasteiger partial charge >= 0.3 is 6.55 Å². The molecule has 1 heterocycles. The van der Waals surface area contributed by atoms with Crippen molar-refractivity contribution in [3.05, 3.63) is 53.4 Å². The Morgan fingerprint density at radius 3 is 2.68 bits per heavy atom. The van der Waals surface area contributed by atoms with Crippen molar-refractivity contribution in [1.29, 1.82) is 0 Å². The van der Waals surface area contributed by atoms with Crippen LogP contribution >= 0.6 is 24.0 Å². The molecule has 0 spiro atoms. The molecule has 5 nitrogen and oxygen atoms in total. The number of rotatable bonds is 5. The highest BCUT2D eigenvalue weighted by Crippen LogP contribution is 2.16. The van der Waals surface area contributed by atoms with Gasteiger partial charge in [-0.2, -0.15) is 8.78 Å². The molecule has 2 N–H and O–H groups in total. The van der Waals surface area contributed by atoms with Gasteiger partial charge in [0, 0.05) is 19.4 Å². The third-order valence-corrected chi connectivity index (χ3v) is 3.65. The summed E-state index contributed by atoms with van der Waals surface area (Å²) < 4.78 is 40.0. The van der Waals surface area contributed by atoms with Gasteiger partial charge in [0.2, 0.25) is 0 Å². The summed E-state index contributed by atoms with van der Waals surface area (Å²) in [4.78, 5) is 7.93. The van der Waals surface area contributed by atoms with Gasteiger partial charge in [0.1, 0.15) is 11.6 Å². The molecule has 0 radical (unpaired) electrons. The summed E-state index contributed by atoms with van der Waals surface area (Å²) in [5, 5.41) is 6.01. The fourth-order valence-electron chi connectivity index (χ4n) is 2.18. The lowest BCUT2D eigenvalue weighted by Crippen LogP contribution is -2.38. The summed E-state index contributed by atoms with van der Waals surface area (Å²) >= 11 is 0. The quantitative estimate of drug-likeness (QED) is 0.400. The number of guanidine groups is 1. The second kappa shape index (κ2) is 9.64. The van der Waals surface area contributed by atoms with Crippen molar-refractivity contribution >= 4 is 29.9 Å². The first-order valence-electron chi connectivity index (χ1n) is 7.45. The second-order valence-corrected chi connectivity index (χ2v) is 5.33. The first-order chi connectivity index (χ1) is 11.4. The smallest absolute Gasteiger partial charge is 0.319 e. The molecule has 0 saturated carbocycles. The van der Waals surface area contributed by atoms with Crippen LogP contribution in [-0.4, -0.2) is 22.6 Å². The first kappa shape index (κ1) is 21.3. The fraction of sp³-hybridized carbons (Fsp3) is 0.375. The van der Waals surface area contributed by atoms with Crippen molar-refractivity contribution in [2.75, 3.05) is 7.05 Å². The topological polar surface area (TPSA) is 54.2 Å². The zero-order chi connectivity index (χ0) is 17.7. The molecule has 9 heteroatoms. The maximum absolute atomic E-state index is 13.7. The molecule has 2 rings (SSSR count). The molecular formula is C16H21F3IN5. The molecule has 0 aliphatic rings. The number of nitrogens with one attached hydrogen (secondary N) is 2.